The van der Waals surface area contributed by atoms with Crippen LogP contribution in [0.1, 0.15) is 50.7 Å². The van der Waals surface area contributed by atoms with E-state index in [4.69, 9.17) is 4.74 Å². The first kappa shape index (κ1) is 21.4. The standard InChI is InChI=1S/C26H32N2O3/c1-3-20(4-2)25(29)27-14-15-31-24-13-10-19(16-22(24)18-27)17-28(26(30)21-11-12-21)23-8-6-5-7-9-23/h5-10,13,16,20-21H,3-4,11-12,14-15,17-18H2,1-2H3. The summed E-state index contributed by atoms with van der Waals surface area (Å²) in [5.41, 5.74) is 2.99. The van der Waals surface area contributed by atoms with E-state index in [0.29, 0.717) is 26.2 Å². The zero-order valence-corrected chi connectivity index (χ0v) is 18.5. The number of carbonyl (C=O) groups is 2. The average Bonchev–Trinajstić information content (AvgIpc) is 3.65. The minimum Gasteiger partial charge on any atom is -0.491 e. The third-order valence-corrected chi connectivity index (χ3v) is 6.35. The highest BCUT2D eigenvalue weighted by Gasteiger charge is 2.34. The van der Waals surface area contributed by atoms with Crippen molar-refractivity contribution in [3.05, 3.63) is 59.7 Å². The van der Waals surface area contributed by atoms with E-state index in [1.807, 2.05) is 52.3 Å². The number of rotatable bonds is 7. The number of benzene rings is 2. The van der Waals surface area contributed by atoms with Crippen LogP contribution >= 0.6 is 0 Å². The first-order valence-electron chi connectivity index (χ1n) is 11.5. The third-order valence-electron chi connectivity index (χ3n) is 6.35. The van der Waals surface area contributed by atoms with Crippen LogP contribution in [0.15, 0.2) is 48.5 Å². The average molecular weight is 421 g/mol. The lowest BCUT2D eigenvalue weighted by atomic mass is 10.0. The van der Waals surface area contributed by atoms with Gasteiger partial charge in [0.1, 0.15) is 12.4 Å². The monoisotopic (exact) mass is 420 g/mol. The Morgan fingerprint density at radius 1 is 1.10 bits per heavy atom. The van der Waals surface area contributed by atoms with Gasteiger partial charge < -0.3 is 14.5 Å². The van der Waals surface area contributed by atoms with Gasteiger partial charge in [0, 0.05) is 29.6 Å². The van der Waals surface area contributed by atoms with Crippen LogP contribution in [0.4, 0.5) is 5.69 Å². The Labute approximate surface area is 185 Å². The Hall–Kier alpha value is -2.82. The predicted octanol–water partition coefficient (Wildman–Crippen LogP) is 4.79. The van der Waals surface area contributed by atoms with Crippen molar-refractivity contribution in [2.24, 2.45) is 11.8 Å². The smallest absolute Gasteiger partial charge is 0.230 e. The molecule has 31 heavy (non-hydrogen) atoms. The van der Waals surface area contributed by atoms with Crippen molar-refractivity contribution >= 4 is 17.5 Å². The van der Waals surface area contributed by atoms with E-state index in [1.54, 1.807) is 0 Å². The number of anilines is 1. The maximum atomic E-state index is 13.0. The molecule has 5 nitrogen and oxygen atoms in total. The summed E-state index contributed by atoms with van der Waals surface area (Å²) in [5, 5.41) is 0. The van der Waals surface area contributed by atoms with Crippen molar-refractivity contribution in [3.63, 3.8) is 0 Å². The molecule has 1 aliphatic carbocycles. The summed E-state index contributed by atoms with van der Waals surface area (Å²) in [7, 11) is 0. The molecule has 0 unspecified atom stereocenters. The molecule has 1 fully saturated rings. The normalized spacial score (nSPS) is 15.8. The second kappa shape index (κ2) is 9.54. The highest BCUT2D eigenvalue weighted by Crippen LogP contribution is 2.34. The molecule has 1 heterocycles. The Kier molecular flexibility index (Phi) is 6.59. The number of ether oxygens (including phenoxy) is 1. The van der Waals surface area contributed by atoms with Crippen molar-refractivity contribution in [1.82, 2.24) is 4.90 Å². The van der Waals surface area contributed by atoms with Gasteiger partial charge in [0.05, 0.1) is 13.1 Å². The highest BCUT2D eigenvalue weighted by atomic mass is 16.5. The number of fused-ring (bicyclic) bond motifs is 1. The van der Waals surface area contributed by atoms with Crippen LogP contribution < -0.4 is 9.64 Å². The topological polar surface area (TPSA) is 49.9 Å². The van der Waals surface area contributed by atoms with E-state index in [0.717, 1.165) is 48.2 Å². The van der Waals surface area contributed by atoms with Crippen molar-refractivity contribution < 1.29 is 14.3 Å². The SMILES string of the molecule is CCC(CC)C(=O)N1CCOc2ccc(CN(C(=O)C3CC3)c3ccccc3)cc2C1. The van der Waals surface area contributed by atoms with Gasteiger partial charge in [0.2, 0.25) is 11.8 Å². The summed E-state index contributed by atoms with van der Waals surface area (Å²) in [6.45, 7) is 6.33. The number of nitrogens with zero attached hydrogens (tertiary/aromatic N) is 2. The molecule has 0 bridgehead atoms. The van der Waals surface area contributed by atoms with E-state index in [-0.39, 0.29) is 23.7 Å². The van der Waals surface area contributed by atoms with Crippen molar-refractivity contribution in [2.75, 3.05) is 18.1 Å². The van der Waals surface area contributed by atoms with E-state index < -0.39 is 0 Å². The summed E-state index contributed by atoms with van der Waals surface area (Å²) in [4.78, 5) is 29.8. The fraction of sp³-hybridized carbons (Fsp3) is 0.462. The molecule has 0 atom stereocenters. The van der Waals surface area contributed by atoms with Crippen LogP contribution in [0.2, 0.25) is 0 Å². The Bertz CT molecular complexity index is 920. The lowest BCUT2D eigenvalue weighted by Gasteiger charge is -2.25. The van der Waals surface area contributed by atoms with Gasteiger partial charge in [-0.05, 0) is 55.5 Å². The molecule has 0 spiro atoms. The second-order valence-corrected chi connectivity index (χ2v) is 8.60. The Balaban J connectivity index is 1.56. The molecule has 1 saturated carbocycles. The van der Waals surface area contributed by atoms with Crippen LogP contribution in [0, 0.1) is 11.8 Å². The Morgan fingerprint density at radius 3 is 2.52 bits per heavy atom. The highest BCUT2D eigenvalue weighted by molar-refractivity contribution is 5.96. The van der Waals surface area contributed by atoms with Crippen molar-refractivity contribution in [2.45, 2.75) is 52.6 Å². The molecule has 2 aromatic carbocycles. The number of hydrogen-bond acceptors (Lipinski definition) is 3. The number of carbonyl (C=O) groups excluding carboxylic acids is 2. The maximum Gasteiger partial charge on any atom is 0.230 e. The molecule has 1 aliphatic heterocycles. The van der Waals surface area contributed by atoms with E-state index in [1.165, 1.54) is 0 Å². The molecule has 5 heteroatoms. The molecule has 2 amide bonds. The van der Waals surface area contributed by atoms with Gasteiger partial charge in [-0.15, -0.1) is 0 Å². The maximum absolute atomic E-state index is 13.0. The number of amides is 2. The Morgan fingerprint density at radius 2 is 1.84 bits per heavy atom. The second-order valence-electron chi connectivity index (χ2n) is 8.60. The predicted molar refractivity (Wildman–Crippen MR) is 122 cm³/mol. The molecule has 0 N–H and O–H groups in total. The minimum absolute atomic E-state index is 0.0643. The molecule has 2 aromatic rings. The fourth-order valence-electron chi connectivity index (χ4n) is 4.27. The first-order chi connectivity index (χ1) is 15.1. The summed E-state index contributed by atoms with van der Waals surface area (Å²) >= 11 is 0. The zero-order valence-electron chi connectivity index (χ0n) is 18.5. The molecule has 0 radical (unpaired) electrons. The van der Waals surface area contributed by atoms with Gasteiger partial charge in [-0.25, -0.2) is 0 Å². The molecular formula is C26H32N2O3. The summed E-state index contributed by atoms with van der Waals surface area (Å²) in [6, 6.07) is 16.0. The molecule has 164 valence electrons. The summed E-state index contributed by atoms with van der Waals surface area (Å²) in [5.74, 6) is 1.46. The van der Waals surface area contributed by atoms with Crippen molar-refractivity contribution in [1.29, 1.82) is 0 Å². The van der Waals surface area contributed by atoms with E-state index >= 15 is 0 Å². The molecule has 2 aliphatic rings. The third kappa shape index (κ3) is 4.92. The zero-order chi connectivity index (χ0) is 21.8. The van der Waals surface area contributed by atoms with Crippen LogP contribution in [-0.4, -0.2) is 29.9 Å². The van der Waals surface area contributed by atoms with Gasteiger partial charge in [-0.1, -0.05) is 38.1 Å². The molecule has 0 saturated heterocycles. The lowest BCUT2D eigenvalue weighted by Crippen LogP contribution is -2.36. The van der Waals surface area contributed by atoms with Gasteiger partial charge in [-0.3, -0.25) is 9.59 Å². The fourth-order valence-corrected chi connectivity index (χ4v) is 4.27. The van der Waals surface area contributed by atoms with Crippen LogP contribution in [-0.2, 0) is 22.7 Å². The largest absolute Gasteiger partial charge is 0.491 e. The number of para-hydroxylation sites is 1. The quantitative estimate of drug-likeness (QED) is 0.647. The molecule has 4 rings (SSSR count). The van der Waals surface area contributed by atoms with Gasteiger partial charge in [0.25, 0.3) is 0 Å². The molecule has 0 aromatic heterocycles. The van der Waals surface area contributed by atoms with E-state index in [2.05, 4.69) is 19.9 Å². The van der Waals surface area contributed by atoms with Crippen molar-refractivity contribution in [3.8, 4) is 5.75 Å². The van der Waals surface area contributed by atoms with Crippen LogP contribution in [0.25, 0.3) is 0 Å². The first-order valence-corrected chi connectivity index (χ1v) is 11.5. The minimum atomic E-state index is 0.0643. The van der Waals surface area contributed by atoms with Gasteiger partial charge in [-0.2, -0.15) is 0 Å². The van der Waals surface area contributed by atoms with E-state index in [9.17, 15) is 9.59 Å². The van der Waals surface area contributed by atoms with Crippen LogP contribution in [0.5, 0.6) is 5.75 Å². The number of hydrogen-bond donors (Lipinski definition) is 0. The van der Waals surface area contributed by atoms with Gasteiger partial charge in [0.15, 0.2) is 0 Å². The van der Waals surface area contributed by atoms with Crippen LogP contribution in [0.3, 0.4) is 0 Å². The summed E-state index contributed by atoms with van der Waals surface area (Å²) < 4.78 is 5.94. The van der Waals surface area contributed by atoms with Gasteiger partial charge >= 0.3 is 0 Å². The lowest BCUT2D eigenvalue weighted by molar-refractivity contribution is -0.136. The summed E-state index contributed by atoms with van der Waals surface area (Å²) in [6.07, 6.45) is 3.67. The molecular weight excluding hydrogens is 388 g/mol.